The molecule has 9 nitrogen and oxygen atoms in total. The third-order valence-corrected chi connectivity index (χ3v) is 5.75. The first kappa shape index (κ1) is 29.1. The van der Waals surface area contributed by atoms with Crippen molar-refractivity contribution in [2.45, 2.75) is 39.1 Å². The number of rotatable bonds is 11. The van der Waals surface area contributed by atoms with Gasteiger partial charge < -0.3 is 24.2 Å². The molecule has 0 radical (unpaired) electrons. The second kappa shape index (κ2) is 13.9. The van der Waals surface area contributed by atoms with E-state index < -0.39 is 42.8 Å². The zero-order chi connectivity index (χ0) is 28.4. The van der Waals surface area contributed by atoms with Gasteiger partial charge in [0.25, 0.3) is 0 Å². The number of ether oxygens (including phenoxy) is 3. The molecule has 3 aromatic carbocycles. The highest BCUT2D eigenvalue weighted by molar-refractivity contribution is 5.92. The number of carbonyl (C=O) groups excluding carboxylic acids is 3. The van der Waals surface area contributed by atoms with Crippen molar-refractivity contribution in [1.82, 2.24) is 0 Å². The topological polar surface area (TPSA) is 121 Å². The number of aliphatic hydroxyl groups excluding tert-OH is 1. The SMILES string of the molecule is CO/N=C/[C@@H](OC(=O)c1ccc(C)cc1)[C@H](OC(=O)c1ccc(C)cc1)[C@H](O)COC(=O)c1ccc(C)cc1. The summed E-state index contributed by atoms with van der Waals surface area (Å²) in [5.74, 6) is -2.22. The van der Waals surface area contributed by atoms with Gasteiger partial charge in [0, 0.05) is 0 Å². The van der Waals surface area contributed by atoms with E-state index in [1.54, 1.807) is 72.8 Å². The second-order valence-corrected chi connectivity index (χ2v) is 8.94. The third kappa shape index (κ3) is 8.51. The molecule has 0 unspecified atom stereocenters. The summed E-state index contributed by atoms with van der Waals surface area (Å²) in [5, 5.41) is 14.7. The van der Waals surface area contributed by atoms with Crippen molar-refractivity contribution in [1.29, 1.82) is 0 Å². The van der Waals surface area contributed by atoms with Crippen molar-refractivity contribution >= 4 is 24.1 Å². The number of hydrogen-bond donors (Lipinski definition) is 1. The lowest BCUT2D eigenvalue weighted by molar-refractivity contribution is -0.0784. The quantitative estimate of drug-likeness (QED) is 0.168. The molecule has 0 aromatic heterocycles. The van der Waals surface area contributed by atoms with Gasteiger partial charge in [0.05, 0.1) is 22.9 Å². The van der Waals surface area contributed by atoms with Crippen LogP contribution in [-0.4, -0.2) is 61.3 Å². The fourth-order valence-corrected chi connectivity index (χ4v) is 3.46. The molecule has 0 aliphatic heterocycles. The summed E-state index contributed by atoms with van der Waals surface area (Å²) >= 11 is 0. The summed E-state index contributed by atoms with van der Waals surface area (Å²) in [6.45, 7) is 5.06. The number of benzene rings is 3. The molecule has 0 aliphatic carbocycles. The van der Waals surface area contributed by atoms with Gasteiger partial charge in [0.15, 0.2) is 12.2 Å². The molecule has 3 atom stereocenters. The average molecular weight is 534 g/mol. The maximum atomic E-state index is 13.0. The minimum atomic E-state index is -1.59. The standard InChI is InChI=1S/C30H31NO8/c1-19-5-11-22(12-6-19)28(33)37-18-25(32)27(39-30(35)24-15-9-21(3)10-16-24)26(17-31-36-4)38-29(34)23-13-7-20(2)8-14-23/h5-17,25-27,32H,18H2,1-4H3/b31-17+/t25-,26-,27-/m1/s1. The van der Waals surface area contributed by atoms with Gasteiger partial charge in [-0.1, -0.05) is 58.2 Å². The van der Waals surface area contributed by atoms with Gasteiger partial charge in [-0.3, -0.25) is 0 Å². The molecule has 0 fully saturated rings. The Labute approximate surface area is 227 Å². The molecule has 0 saturated carbocycles. The van der Waals surface area contributed by atoms with E-state index >= 15 is 0 Å². The minimum absolute atomic E-state index is 0.210. The summed E-state index contributed by atoms with van der Waals surface area (Å²) in [5.41, 5.74) is 3.57. The van der Waals surface area contributed by atoms with Crippen LogP contribution >= 0.6 is 0 Å². The predicted molar refractivity (Wildman–Crippen MR) is 144 cm³/mol. The molecule has 0 aliphatic rings. The van der Waals surface area contributed by atoms with Crippen LogP contribution in [0.4, 0.5) is 0 Å². The molecule has 0 saturated heterocycles. The molecule has 3 rings (SSSR count). The molecule has 0 amide bonds. The van der Waals surface area contributed by atoms with Gasteiger partial charge in [-0.05, 0) is 57.2 Å². The van der Waals surface area contributed by atoms with Crippen LogP contribution in [0.3, 0.4) is 0 Å². The molecule has 0 bridgehead atoms. The summed E-state index contributed by atoms with van der Waals surface area (Å²) in [6, 6.07) is 19.9. The Hall–Kier alpha value is -4.50. The largest absolute Gasteiger partial charge is 0.459 e. The van der Waals surface area contributed by atoms with Crippen molar-refractivity contribution in [3.05, 3.63) is 106 Å². The fraction of sp³-hybridized carbons (Fsp3) is 0.267. The molecule has 0 heterocycles. The van der Waals surface area contributed by atoms with Crippen LogP contribution in [0.5, 0.6) is 0 Å². The molecule has 0 spiro atoms. The average Bonchev–Trinajstić information content (AvgIpc) is 2.93. The highest BCUT2D eigenvalue weighted by Crippen LogP contribution is 2.17. The molecule has 1 N–H and O–H groups in total. The number of aliphatic hydroxyl groups is 1. The Balaban J connectivity index is 1.85. The first-order valence-electron chi connectivity index (χ1n) is 12.2. The van der Waals surface area contributed by atoms with Crippen molar-refractivity contribution < 1.29 is 38.5 Å². The Morgan fingerprint density at radius 1 is 0.718 bits per heavy atom. The van der Waals surface area contributed by atoms with Crippen LogP contribution in [0.1, 0.15) is 47.8 Å². The number of hydrogen-bond acceptors (Lipinski definition) is 9. The lowest BCUT2D eigenvalue weighted by Crippen LogP contribution is -2.46. The van der Waals surface area contributed by atoms with Crippen LogP contribution in [0, 0.1) is 20.8 Å². The Morgan fingerprint density at radius 2 is 1.13 bits per heavy atom. The van der Waals surface area contributed by atoms with E-state index in [9.17, 15) is 19.5 Å². The normalized spacial score (nSPS) is 13.3. The van der Waals surface area contributed by atoms with E-state index in [0.717, 1.165) is 22.9 Å². The van der Waals surface area contributed by atoms with Gasteiger partial charge in [0.1, 0.15) is 19.8 Å². The van der Waals surface area contributed by atoms with Gasteiger partial charge >= 0.3 is 17.9 Å². The first-order chi connectivity index (χ1) is 18.7. The van der Waals surface area contributed by atoms with Crippen LogP contribution < -0.4 is 0 Å². The van der Waals surface area contributed by atoms with Crippen molar-refractivity contribution in [3.8, 4) is 0 Å². The predicted octanol–water partition coefficient (Wildman–Crippen LogP) is 4.21. The number of esters is 3. The summed E-state index contributed by atoms with van der Waals surface area (Å²) in [7, 11) is 1.28. The molecule has 39 heavy (non-hydrogen) atoms. The highest BCUT2D eigenvalue weighted by atomic mass is 16.6. The minimum Gasteiger partial charge on any atom is -0.459 e. The number of carbonyl (C=O) groups is 3. The van der Waals surface area contributed by atoms with E-state index in [1.807, 2.05) is 20.8 Å². The molecular weight excluding hydrogens is 502 g/mol. The maximum absolute atomic E-state index is 13.0. The van der Waals surface area contributed by atoms with Crippen LogP contribution in [-0.2, 0) is 19.0 Å². The lowest BCUT2D eigenvalue weighted by Gasteiger charge is -2.28. The van der Waals surface area contributed by atoms with Crippen molar-refractivity contribution in [2.24, 2.45) is 5.16 Å². The third-order valence-electron chi connectivity index (χ3n) is 5.75. The Bertz CT molecular complexity index is 1280. The van der Waals surface area contributed by atoms with Crippen LogP contribution in [0.2, 0.25) is 0 Å². The smallest absolute Gasteiger partial charge is 0.338 e. The van der Waals surface area contributed by atoms with Crippen LogP contribution in [0.15, 0.2) is 78.0 Å². The number of aryl methyl sites for hydroxylation is 3. The van der Waals surface area contributed by atoms with Crippen molar-refractivity contribution in [2.75, 3.05) is 13.7 Å². The number of oxime groups is 1. The van der Waals surface area contributed by atoms with E-state index in [0.29, 0.717) is 0 Å². The maximum Gasteiger partial charge on any atom is 0.338 e. The highest BCUT2D eigenvalue weighted by Gasteiger charge is 2.36. The Morgan fingerprint density at radius 3 is 1.56 bits per heavy atom. The first-order valence-corrected chi connectivity index (χ1v) is 12.2. The van der Waals surface area contributed by atoms with Gasteiger partial charge in [-0.25, -0.2) is 14.4 Å². The molecule has 3 aromatic rings. The molecule has 204 valence electrons. The fourth-order valence-electron chi connectivity index (χ4n) is 3.46. The van der Waals surface area contributed by atoms with E-state index in [-0.39, 0.29) is 16.7 Å². The second-order valence-electron chi connectivity index (χ2n) is 8.94. The Kier molecular flexibility index (Phi) is 10.3. The van der Waals surface area contributed by atoms with Gasteiger partial charge in [-0.2, -0.15) is 0 Å². The summed E-state index contributed by atoms with van der Waals surface area (Å²) < 4.78 is 16.5. The van der Waals surface area contributed by atoms with E-state index in [4.69, 9.17) is 19.0 Å². The lowest BCUT2D eigenvalue weighted by atomic mass is 10.1. The molecule has 9 heteroatoms. The van der Waals surface area contributed by atoms with Gasteiger partial charge in [0.2, 0.25) is 0 Å². The zero-order valence-corrected chi connectivity index (χ0v) is 22.2. The number of nitrogens with zero attached hydrogens (tertiary/aromatic N) is 1. The van der Waals surface area contributed by atoms with Crippen molar-refractivity contribution in [3.63, 3.8) is 0 Å². The summed E-state index contributed by atoms with van der Waals surface area (Å²) in [6.07, 6.45) is -3.39. The van der Waals surface area contributed by atoms with E-state index in [2.05, 4.69) is 5.16 Å². The van der Waals surface area contributed by atoms with Crippen LogP contribution in [0.25, 0.3) is 0 Å². The van der Waals surface area contributed by atoms with E-state index in [1.165, 1.54) is 7.11 Å². The zero-order valence-electron chi connectivity index (χ0n) is 22.2. The van der Waals surface area contributed by atoms with Gasteiger partial charge in [-0.15, -0.1) is 0 Å². The monoisotopic (exact) mass is 533 g/mol. The molecular formula is C30H31NO8. The summed E-state index contributed by atoms with van der Waals surface area (Å²) in [4.78, 5) is 43.1.